The molecule has 0 aliphatic heterocycles. The normalized spacial score (nSPS) is 12.3. The minimum absolute atomic E-state index is 0.246. The van der Waals surface area contributed by atoms with Crippen LogP contribution in [0.15, 0.2) is 10.6 Å². The Morgan fingerprint density at radius 2 is 2.06 bits per heavy atom. The number of nitrogens with zero attached hydrogens (tertiary/aromatic N) is 1. The van der Waals surface area contributed by atoms with Crippen LogP contribution < -0.4 is 5.32 Å². The van der Waals surface area contributed by atoms with E-state index in [0.717, 1.165) is 0 Å². The maximum absolute atomic E-state index is 11.7. The Hall–Kier alpha value is -1.23. The zero-order chi connectivity index (χ0) is 14.0. The average Bonchev–Trinajstić information content (AvgIpc) is 2.61. The van der Waals surface area contributed by atoms with Crippen molar-refractivity contribution in [1.29, 1.82) is 0 Å². The molecule has 18 heavy (non-hydrogen) atoms. The summed E-state index contributed by atoms with van der Waals surface area (Å²) in [4.78, 5) is 11.7. The molecule has 1 N–H and O–H groups in total. The zero-order valence-electron chi connectivity index (χ0n) is 11.3. The molecule has 1 aromatic rings. The number of alkyl carbamates (subject to hydrolysis) is 1. The minimum atomic E-state index is -0.684. The fourth-order valence-corrected chi connectivity index (χ4v) is 1.42. The summed E-state index contributed by atoms with van der Waals surface area (Å²) in [5.41, 5.74) is -0.620. The molecule has 0 aliphatic carbocycles. The summed E-state index contributed by atoms with van der Waals surface area (Å²) in [6.07, 6.45) is -0.497. The van der Waals surface area contributed by atoms with Gasteiger partial charge in [-0.3, -0.25) is 0 Å². The van der Waals surface area contributed by atoms with Crippen LogP contribution in [0.25, 0.3) is 0 Å². The van der Waals surface area contributed by atoms with Crippen LogP contribution in [0.1, 0.15) is 46.1 Å². The fourth-order valence-electron chi connectivity index (χ4n) is 1.29. The van der Waals surface area contributed by atoms with Crippen molar-refractivity contribution < 1.29 is 14.1 Å². The molecule has 0 aromatic carbocycles. The number of rotatable bonds is 3. The van der Waals surface area contributed by atoms with Gasteiger partial charge in [-0.1, -0.05) is 5.16 Å². The van der Waals surface area contributed by atoms with E-state index in [1.807, 2.05) is 13.8 Å². The molecule has 0 fully saturated rings. The van der Waals surface area contributed by atoms with E-state index < -0.39 is 17.2 Å². The van der Waals surface area contributed by atoms with E-state index in [2.05, 4.69) is 10.5 Å². The van der Waals surface area contributed by atoms with Gasteiger partial charge in [0.2, 0.25) is 0 Å². The van der Waals surface area contributed by atoms with Crippen molar-refractivity contribution in [1.82, 2.24) is 10.5 Å². The lowest BCUT2D eigenvalue weighted by Gasteiger charge is -2.26. The number of nitrogens with one attached hydrogen (secondary N) is 1. The van der Waals surface area contributed by atoms with Gasteiger partial charge in [0, 0.05) is 6.07 Å². The quantitative estimate of drug-likeness (QED) is 0.860. The predicted molar refractivity (Wildman–Crippen MR) is 68.5 cm³/mol. The second-order valence-electron chi connectivity index (χ2n) is 5.56. The van der Waals surface area contributed by atoms with Crippen LogP contribution in [-0.2, 0) is 16.2 Å². The Balaban J connectivity index is 2.72. The highest BCUT2D eigenvalue weighted by molar-refractivity contribution is 6.16. The standard InChI is InChI=1S/C12H19ClN2O3/c1-11(2,3)17-10(16)14-12(4,5)9-6-8(7-13)18-15-9/h6H,7H2,1-5H3,(H,14,16). The van der Waals surface area contributed by atoms with Crippen molar-refractivity contribution in [2.24, 2.45) is 0 Å². The van der Waals surface area contributed by atoms with Gasteiger partial charge < -0.3 is 14.6 Å². The molecule has 0 spiro atoms. The highest BCUT2D eigenvalue weighted by atomic mass is 35.5. The van der Waals surface area contributed by atoms with Gasteiger partial charge in [-0.25, -0.2) is 4.79 Å². The van der Waals surface area contributed by atoms with E-state index in [9.17, 15) is 4.79 Å². The average molecular weight is 275 g/mol. The number of alkyl halides is 1. The number of hydrogen-bond donors (Lipinski definition) is 1. The number of ether oxygens (including phenoxy) is 1. The number of carbonyl (C=O) groups is 1. The lowest BCUT2D eigenvalue weighted by molar-refractivity contribution is 0.0467. The lowest BCUT2D eigenvalue weighted by Crippen LogP contribution is -2.44. The van der Waals surface area contributed by atoms with Crippen LogP contribution >= 0.6 is 11.6 Å². The minimum Gasteiger partial charge on any atom is -0.444 e. The van der Waals surface area contributed by atoms with Gasteiger partial charge in [0.25, 0.3) is 0 Å². The Labute approximate surface area is 112 Å². The highest BCUT2D eigenvalue weighted by Crippen LogP contribution is 2.21. The van der Waals surface area contributed by atoms with Crippen LogP contribution in [0.3, 0.4) is 0 Å². The van der Waals surface area contributed by atoms with Gasteiger partial charge in [-0.05, 0) is 34.6 Å². The Bertz CT molecular complexity index is 421. The van der Waals surface area contributed by atoms with E-state index >= 15 is 0 Å². The van der Waals surface area contributed by atoms with Gasteiger partial charge in [0.1, 0.15) is 11.3 Å². The molecule has 1 amide bonds. The molecule has 0 radical (unpaired) electrons. The topological polar surface area (TPSA) is 64.4 Å². The lowest BCUT2D eigenvalue weighted by atomic mass is 10.0. The molecule has 102 valence electrons. The van der Waals surface area contributed by atoms with Gasteiger partial charge in [-0.15, -0.1) is 11.6 Å². The molecule has 0 bridgehead atoms. The number of carbonyl (C=O) groups excluding carboxylic acids is 1. The summed E-state index contributed by atoms with van der Waals surface area (Å²) in [5, 5.41) is 6.62. The van der Waals surface area contributed by atoms with Crippen molar-refractivity contribution in [3.05, 3.63) is 17.5 Å². The van der Waals surface area contributed by atoms with Gasteiger partial charge in [-0.2, -0.15) is 0 Å². The molecular weight excluding hydrogens is 256 g/mol. The third-order valence-electron chi connectivity index (χ3n) is 2.14. The number of amides is 1. The van der Waals surface area contributed by atoms with Crippen molar-refractivity contribution in [2.45, 2.75) is 51.6 Å². The van der Waals surface area contributed by atoms with E-state index in [1.54, 1.807) is 26.8 Å². The first kappa shape index (κ1) is 14.8. The Morgan fingerprint density at radius 3 is 2.50 bits per heavy atom. The summed E-state index contributed by atoms with van der Waals surface area (Å²) >= 11 is 5.64. The number of hydrogen-bond acceptors (Lipinski definition) is 4. The van der Waals surface area contributed by atoms with E-state index in [4.69, 9.17) is 20.9 Å². The van der Waals surface area contributed by atoms with Gasteiger partial charge >= 0.3 is 6.09 Å². The maximum Gasteiger partial charge on any atom is 0.408 e. The molecule has 6 heteroatoms. The second kappa shape index (κ2) is 5.18. The SMILES string of the molecule is CC(C)(C)OC(=O)NC(C)(C)c1cc(CCl)on1. The maximum atomic E-state index is 11.7. The Morgan fingerprint density at radius 1 is 1.44 bits per heavy atom. The summed E-state index contributed by atoms with van der Waals surface area (Å²) in [7, 11) is 0. The Kier molecular flexibility index (Phi) is 4.27. The molecule has 1 rings (SSSR count). The molecule has 0 atom stereocenters. The molecule has 1 heterocycles. The van der Waals surface area contributed by atoms with Crippen LogP contribution in [0.4, 0.5) is 4.79 Å². The molecule has 5 nitrogen and oxygen atoms in total. The van der Waals surface area contributed by atoms with Crippen LogP contribution in [0, 0.1) is 0 Å². The largest absolute Gasteiger partial charge is 0.444 e. The molecule has 0 unspecified atom stereocenters. The highest BCUT2D eigenvalue weighted by Gasteiger charge is 2.29. The predicted octanol–water partition coefficient (Wildman–Crippen LogP) is 3.17. The van der Waals surface area contributed by atoms with Gasteiger partial charge in [0.15, 0.2) is 5.76 Å². The summed E-state index contributed by atoms with van der Waals surface area (Å²) < 4.78 is 10.2. The van der Waals surface area contributed by atoms with Gasteiger partial charge in [0.05, 0.1) is 11.4 Å². The van der Waals surface area contributed by atoms with Crippen molar-refractivity contribution in [3.63, 3.8) is 0 Å². The molecule has 0 saturated carbocycles. The zero-order valence-corrected chi connectivity index (χ0v) is 12.1. The van der Waals surface area contributed by atoms with E-state index in [1.165, 1.54) is 0 Å². The monoisotopic (exact) mass is 274 g/mol. The molecular formula is C12H19ClN2O3. The second-order valence-corrected chi connectivity index (χ2v) is 5.83. The van der Waals surface area contributed by atoms with E-state index in [-0.39, 0.29) is 5.88 Å². The molecule has 1 aromatic heterocycles. The van der Waals surface area contributed by atoms with Crippen LogP contribution in [-0.4, -0.2) is 16.9 Å². The molecule has 0 saturated heterocycles. The fraction of sp³-hybridized carbons (Fsp3) is 0.667. The van der Waals surface area contributed by atoms with Crippen molar-refractivity contribution in [2.75, 3.05) is 0 Å². The smallest absolute Gasteiger partial charge is 0.408 e. The number of halogens is 1. The summed E-state index contributed by atoms with van der Waals surface area (Å²) in [5.74, 6) is 0.806. The first-order valence-corrected chi connectivity index (χ1v) is 6.21. The first-order valence-electron chi connectivity index (χ1n) is 5.67. The summed E-state index contributed by atoms with van der Waals surface area (Å²) in [6.45, 7) is 9.05. The number of aromatic nitrogens is 1. The first-order chi connectivity index (χ1) is 8.14. The van der Waals surface area contributed by atoms with Crippen molar-refractivity contribution in [3.8, 4) is 0 Å². The van der Waals surface area contributed by atoms with Crippen molar-refractivity contribution >= 4 is 17.7 Å². The van der Waals surface area contributed by atoms with E-state index in [0.29, 0.717) is 11.5 Å². The third kappa shape index (κ3) is 4.22. The molecule has 0 aliphatic rings. The van der Waals surface area contributed by atoms with Crippen LogP contribution in [0.5, 0.6) is 0 Å². The third-order valence-corrected chi connectivity index (χ3v) is 2.41. The summed E-state index contributed by atoms with van der Waals surface area (Å²) in [6, 6.07) is 1.71. The van der Waals surface area contributed by atoms with Crippen LogP contribution in [0.2, 0.25) is 0 Å².